The zero-order valence-electron chi connectivity index (χ0n) is 12.9. The first-order chi connectivity index (χ1) is 10.5. The van der Waals surface area contributed by atoms with Crippen molar-refractivity contribution >= 4 is 22.4 Å². The molecule has 1 amide bonds. The van der Waals surface area contributed by atoms with E-state index in [0.717, 1.165) is 0 Å². The van der Waals surface area contributed by atoms with Gasteiger partial charge in [-0.15, -0.1) is 0 Å². The fourth-order valence-corrected chi connectivity index (χ4v) is 2.85. The minimum atomic E-state index is -0.453. The number of benzene rings is 1. The van der Waals surface area contributed by atoms with Crippen LogP contribution in [-0.2, 0) is 0 Å². The summed E-state index contributed by atoms with van der Waals surface area (Å²) < 4.78 is 22.8. The van der Waals surface area contributed by atoms with Crippen LogP contribution in [0.15, 0.2) is 18.2 Å². The molecule has 0 saturated heterocycles. The van der Waals surface area contributed by atoms with Gasteiger partial charge < -0.3 is 15.4 Å². The third-order valence-electron chi connectivity index (χ3n) is 3.34. The molecule has 0 aliphatic rings. The van der Waals surface area contributed by atoms with Gasteiger partial charge in [-0.3, -0.25) is 4.79 Å². The highest BCUT2D eigenvalue weighted by atomic mass is 32.1. The van der Waals surface area contributed by atoms with E-state index in [1.54, 1.807) is 33.0 Å². The summed E-state index contributed by atoms with van der Waals surface area (Å²) in [5.74, 6) is -0.512. The van der Waals surface area contributed by atoms with Crippen LogP contribution in [0.4, 0.5) is 9.39 Å². The van der Waals surface area contributed by atoms with Crippen LogP contribution >= 0.6 is 11.5 Å². The number of nitrogens with zero attached hydrogens (tertiary/aromatic N) is 1. The minimum Gasteiger partial charge on any atom is -0.494 e. The molecule has 0 spiro atoms. The second-order valence-electron chi connectivity index (χ2n) is 4.81. The molecule has 2 rings (SSSR count). The van der Waals surface area contributed by atoms with Crippen molar-refractivity contribution in [3.05, 3.63) is 40.8 Å². The number of hydrogen-bond acceptors (Lipinski definition) is 5. The lowest BCUT2D eigenvalue weighted by atomic mass is 10.1. The summed E-state index contributed by atoms with van der Waals surface area (Å²) in [5.41, 5.74) is 1.85. The van der Waals surface area contributed by atoms with E-state index < -0.39 is 5.82 Å². The van der Waals surface area contributed by atoms with E-state index in [1.165, 1.54) is 24.7 Å². The maximum Gasteiger partial charge on any atom is 0.256 e. The number of methoxy groups -OCH3 is 1. The molecule has 1 heterocycles. The van der Waals surface area contributed by atoms with Gasteiger partial charge >= 0.3 is 0 Å². The molecule has 1 aromatic carbocycles. The lowest BCUT2D eigenvalue weighted by molar-refractivity contribution is 0.0940. The number of halogens is 1. The van der Waals surface area contributed by atoms with Gasteiger partial charge in [0.15, 0.2) is 11.6 Å². The number of carbonyl (C=O) groups is 1. The van der Waals surface area contributed by atoms with Crippen LogP contribution in [-0.4, -0.2) is 24.4 Å². The largest absolute Gasteiger partial charge is 0.494 e. The minimum absolute atomic E-state index is 0.178. The van der Waals surface area contributed by atoms with Gasteiger partial charge in [0.1, 0.15) is 5.00 Å². The number of carbonyl (C=O) groups excluding carboxylic acids is 1. The molecule has 7 heteroatoms. The van der Waals surface area contributed by atoms with Crippen LogP contribution < -0.4 is 15.4 Å². The van der Waals surface area contributed by atoms with E-state index in [0.29, 0.717) is 21.8 Å². The first kappa shape index (κ1) is 16.2. The zero-order valence-corrected chi connectivity index (χ0v) is 13.7. The zero-order chi connectivity index (χ0) is 16.3. The Morgan fingerprint density at radius 1 is 1.45 bits per heavy atom. The highest BCUT2D eigenvalue weighted by Gasteiger charge is 2.20. The maximum atomic E-state index is 13.7. The van der Waals surface area contributed by atoms with E-state index in [9.17, 15) is 9.18 Å². The molecular formula is C15H18FN3O2S. The Kier molecular flexibility index (Phi) is 4.97. The Hall–Kier alpha value is -2.15. The number of ether oxygens (including phenoxy) is 1. The third-order valence-corrected chi connectivity index (χ3v) is 4.30. The van der Waals surface area contributed by atoms with Crippen LogP contribution in [0, 0.1) is 12.7 Å². The number of anilines is 1. The molecular weight excluding hydrogens is 305 g/mol. The SMILES string of the molecule is CNc1snc(C)c1C(=O)N[C@@H](C)c1ccc(OC)c(F)c1. The second kappa shape index (κ2) is 6.74. The molecule has 5 nitrogen and oxygen atoms in total. The first-order valence-corrected chi connectivity index (χ1v) is 7.53. The molecule has 0 radical (unpaired) electrons. The molecule has 0 saturated carbocycles. The fraction of sp³-hybridized carbons (Fsp3) is 0.333. The molecule has 1 atom stereocenters. The van der Waals surface area contributed by atoms with Crippen LogP contribution in [0.2, 0.25) is 0 Å². The molecule has 0 aliphatic heterocycles. The molecule has 1 aromatic heterocycles. The Morgan fingerprint density at radius 3 is 2.77 bits per heavy atom. The monoisotopic (exact) mass is 323 g/mol. The average molecular weight is 323 g/mol. The van der Waals surface area contributed by atoms with Gasteiger partial charge in [-0.05, 0) is 43.1 Å². The smallest absolute Gasteiger partial charge is 0.256 e. The van der Waals surface area contributed by atoms with Crippen molar-refractivity contribution in [3.63, 3.8) is 0 Å². The molecule has 0 bridgehead atoms. The maximum absolute atomic E-state index is 13.7. The predicted molar refractivity (Wildman–Crippen MR) is 85.2 cm³/mol. The van der Waals surface area contributed by atoms with Crippen molar-refractivity contribution in [2.24, 2.45) is 0 Å². The normalized spacial score (nSPS) is 11.9. The second-order valence-corrected chi connectivity index (χ2v) is 5.58. The summed E-state index contributed by atoms with van der Waals surface area (Å²) in [4.78, 5) is 12.4. The summed E-state index contributed by atoms with van der Waals surface area (Å²) in [6.45, 7) is 3.58. The van der Waals surface area contributed by atoms with Gasteiger partial charge in [-0.25, -0.2) is 4.39 Å². The van der Waals surface area contributed by atoms with Crippen LogP contribution in [0.25, 0.3) is 0 Å². The molecule has 0 fully saturated rings. The van der Waals surface area contributed by atoms with Crippen molar-refractivity contribution in [2.45, 2.75) is 19.9 Å². The average Bonchev–Trinajstić information content (AvgIpc) is 2.88. The lowest BCUT2D eigenvalue weighted by Crippen LogP contribution is -2.27. The van der Waals surface area contributed by atoms with Crippen molar-refractivity contribution in [1.82, 2.24) is 9.69 Å². The Balaban J connectivity index is 2.17. The topological polar surface area (TPSA) is 63.2 Å². The Labute approximate surface area is 132 Å². The van der Waals surface area contributed by atoms with Crippen molar-refractivity contribution < 1.29 is 13.9 Å². The van der Waals surface area contributed by atoms with E-state index in [1.807, 2.05) is 0 Å². The number of aromatic nitrogens is 1. The molecule has 22 heavy (non-hydrogen) atoms. The fourth-order valence-electron chi connectivity index (χ4n) is 2.11. The van der Waals surface area contributed by atoms with Crippen LogP contribution in [0.5, 0.6) is 5.75 Å². The van der Waals surface area contributed by atoms with Crippen molar-refractivity contribution in [1.29, 1.82) is 0 Å². The summed E-state index contributed by atoms with van der Waals surface area (Å²) in [7, 11) is 3.15. The van der Waals surface area contributed by atoms with Gasteiger partial charge in [-0.1, -0.05) is 6.07 Å². The van der Waals surface area contributed by atoms with Crippen molar-refractivity contribution in [3.8, 4) is 5.75 Å². The Bertz CT molecular complexity index is 687. The summed E-state index contributed by atoms with van der Waals surface area (Å²) in [6.07, 6.45) is 0. The molecule has 0 aliphatic carbocycles. The number of hydrogen-bond donors (Lipinski definition) is 2. The third kappa shape index (κ3) is 3.19. The number of nitrogens with one attached hydrogen (secondary N) is 2. The molecule has 2 aromatic rings. The van der Waals surface area contributed by atoms with E-state index in [2.05, 4.69) is 15.0 Å². The van der Waals surface area contributed by atoms with Gasteiger partial charge in [0.05, 0.1) is 24.4 Å². The predicted octanol–water partition coefficient (Wildman–Crippen LogP) is 3.13. The first-order valence-electron chi connectivity index (χ1n) is 6.76. The van der Waals surface area contributed by atoms with Crippen LogP contribution in [0.3, 0.4) is 0 Å². The molecule has 118 valence electrons. The number of rotatable bonds is 5. The van der Waals surface area contributed by atoms with E-state index >= 15 is 0 Å². The van der Waals surface area contributed by atoms with Gasteiger partial charge in [-0.2, -0.15) is 4.37 Å². The van der Waals surface area contributed by atoms with Gasteiger partial charge in [0.2, 0.25) is 0 Å². The summed E-state index contributed by atoms with van der Waals surface area (Å²) in [5, 5.41) is 6.52. The van der Waals surface area contributed by atoms with Crippen molar-refractivity contribution in [2.75, 3.05) is 19.5 Å². The number of aryl methyl sites for hydroxylation is 1. The highest BCUT2D eigenvalue weighted by Crippen LogP contribution is 2.26. The van der Waals surface area contributed by atoms with E-state index in [4.69, 9.17) is 4.74 Å². The van der Waals surface area contributed by atoms with Gasteiger partial charge in [0.25, 0.3) is 5.91 Å². The van der Waals surface area contributed by atoms with E-state index in [-0.39, 0.29) is 17.7 Å². The van der Waals surface area contributed by atoms with Gasteiger partial charge in [0, 0.05) is 7.05 Å². The number of amides is 1. The molecule has 2 N–H and O–H groups in total. The summed E-state index contributed by atoms with van der Waals surface area (Å²) in [6, 6.07) is 4.30. The highest BCUT2D eigenvalue weighted by molar-refractivity contribution is 7.10. The lowest BCUT2D eigenvalue weighted by Gasteiger charge is -2.15. The summed E-state index contributed by atoms with van der Waals surface area (Å²) >= 11 is 1.24. The van der Waals surface area contributed by atoms with Crippen LogP contribution in [0.1, 0.15) is 34.6 Å². The molecule has 0 unspecified atom stereocenters. The standard InChI is InChI=1S/C15H18FN3O2S/c1-8(10-5-6-12(21-4)11(16)7-10)18-14(20)13-9(2)19-22-15(13)17-3/h5-8,17H,1-4H3,(H,18,20)/t8-/m0/s1. The Morgan fingerprint density at radius 2 is 2.18 bits per heavy atom. The quantitative estimate of drug-likeness (QED) is 0.887.